The first-order valence-electron chi connectivity index (χ1n) is 10.8. The maximum Gasteiger partial charge on any atom is 0.275 e. The third-order valence-electron chi connectivity index (χ3n) is 6.41. The number of quaternary nitrogens is 2. The van der Waals surface area contributed by atoms with Crippen molar-refractivity contribution in [2.45, 2.75) is 49.1 Å². The highest BCUT2D eigenvalue weighted by Gasteiger charge is 2.42. The smallest absolute Gasteiger partial charge is 0.275 e. The molecule has 6 heteroatoms. The summed E-state index contributed by atoms with van der Waals surface area (Å²) in [7, 11) is 2.10. The maximum absolute atomic E-state index is 12.6. The molecule has 2 aliphatic rings. The summed E-state index contributed by atoms with van der Waals surface area (Å²) in [6.45, 7) is 6.08. The lowest BCUT2D eigenvalue weighted by atomic mass is 9.79. The van der Waals surface area contributed by atoms with E-state index in [1.807, 2.05) is 0 Å². The molecule has 0 radical (unpaired) electrons. The number of hydrogen-bond donors (Lipinski definition) is 3. The number of hydrogen-bond acceptors (Lipinski definition) is 3. The van der Waals surface area contributed by atoms with E-state index in [2.05, 4.69) is 42.9 Å². The zero-order valence-corrected chi connectivity index (χ0v) is 18.3. The molecule has 1 aromatic carbocycles. The Morgan fingerprint density at radius 1 is 1.18 bits per heavy atom. The number of likely N-dealkylation sites (N-methyl/N-ethyl adjacent to an activating group) is 1. The van der Waals surface area contributed by atoms with Crippen LogP contribution in [0.5, 0.6) is 0 Å². The zero-order chi connectivity index (χ0) is 19.8. The predicted octanol–water partition coefficient (Wildman–Crippen LogP) is 0.157. The average Bonchev–Trinajstić information content (AvgIpc) is 2.74. The fourth-order valence-corrected chi connectivity index (χ4v) is 5.20. The van der Waals surface area contributed by atoms with Crippen molar-refractivity contribution >= 4 is 17.7 Å². The molecule has 1 amide bonds. The Bertz CT molecular complexity index is 611. The third-order valence-corrected chi connectivity index (χ3v) is 7.15. The van der Waals surface area contributed by atoms with Gasteiger partial charge in [0.2, 0.25) is 0 Å². The van der Waals surface area contributed by atoms with Gasteiger partial charge >= 0.3 is 0 Å². The topological polar surface area (TPSA) is 47.2 Å². The van der Waals surface area contributed by atoms with Gasteiger partial charge in [0.15, 0.2) is 6.54 Å². The van der Waals surface area contributed by atoms with Crippen LogP contribution in [0.15, 0.2) is 29.2 Å². The van der Waals surface area contributed by atoms with Crippen molar-refractivity contribution < 1.29 is 19.3 Å². The quantitative estimate of drug-likeness (QED) is 0.538. The average molecular weight is 408 g/mol. The van der Waals surface area contributed by atoms with Crippen molar-refractivity contribution in [1.29, 1.82) is 0 Å². The maximum atomic E-state index is 12.6. The first-order valence-corrected chi connectivity index (χ1v) is 12.0. The highest BCUT2D eigenvalue weighted by atomic mass is 32.2. The van der Waals surface area contributed by atoms with E-state index in [1.165, 1.54) is 47.5 Å². The summed E-state index contributed by atoms with van der Waals surface area (Å²) >= 11 is 1.76. The second-order valence-electron chi connectivity index (χ2n) is 8.49. The summed E-state index contributed by atoms with van der Waals surface area (Å²) in [5.74, 6) is 0.177. The van der Waals surface area contributed by atoms with Gasteiger partial charge in [-0.05, 0) is 31.2 Å². The van der Waals surface area contributed by atoms with Crippen molar-refractivity contribution in [3.8, 4) is 0 Å². The number of morpholine rings is 1. The Morgan fingerprint density at radius 3 is 2.50 bits per heavy atom. The molecule has 28 heavy (non-hydrogen) atoms. The van der Waals surface area contributed by atoms with Crippen molar-refractivity contribution in [2.24, 2.45) is 0 Å². The van der Waals surface area contributed by atoms with Crippen LogP contribution in [-0.2, 0) is 16.1 Å². The lowest BCUT2D eigenvalue weighted by Crippen LogP contribution is -3.23. The summed E-state index contributed by atoms with van der Waals surface area (Å²) in [6, 6.07) is 8.66. The Balaban J connectivity index is 1.49. The van der Waals surface area contributed by atoms with Gasteiger partial charge < -0.3 is 19.9 Å². The van der Waals surface area contributed by atoms with Gasteiger partial charge in [-0.15, -0.1) is 11.8 Å². The molecule has 3 N–H and O–H groups in total. The summed E-state index contributed by atoms with van der Waals surface area (Å²) in [6.07, 6.45) is 8.46. The molecule has 156 valence electrons. The van der Waals surface area contributed by atoms with Crippen LogP contribution in [0.3, 0.4) is 0 Å². The second-order valence-corrected chi connectivity index (χ2v) is 9.37. The van der Waals surface area contributed by atoms with Crippen LogP contribution in [0.1, 0.15) is 37.7 Å². The van der Waals surface area contributed by atoms with Gasteiger partial charge in [-0.3, -0.25) is 4.79 Å². The second kappa shape index (κ2) is 10.6. The molecule has 1 aromatic rings. The Kier molecular flexibility index (Phi) is 8.21. The van der Waals surface area contributed by atoms with Crippen molar-refractivity contribution in [1.82, 2.24) is 5.32 Å². The molecule has 3 rings (SSSR count). The van der Waals surface area contributed by atoms with Gasteiger partial charge in [0.1, 0.15) is 25.2 Å². The number of thioether (sulfide) groups is 1. The van der Waals surface area contributed by atoms with E-state index in [0.29, 0.717) is 6.54 Å². The van der Waals surface area contributed by atoms with E-state index in [0.717, 1.165) is 39.4 Å². The predicted molar refractivity (Wildman–Crippen MR) is 114 cm³/mol. The molecule has 1 aliphatic carbocycles. The van der Waals surface area contributed by atoms with Gasteiger partial charge in [-0.2, -0.15) is 0 Å². The summed E-state index contributed by atoms with van der Waals surface area (Å²) in [5.41, 5.74) is 1.50. The summed E-state index contributed by atoms with van der Waals surface area (Å²) in [5, 5.41) is 3.30. The van der Waals surface area contributed by atoms with E-state index in [-0.39, 0.29) is 11.4 Å². The third kappa shape index (κ3) is 5.96. The standard InChI is InChI=1S/C22H35N3O2S/c1-24(16-19-6-8-20(28-2)9-7-19)17-21(26)23-18-22(10-4-3-5-11-22)25-12-14-27-15-13-25/h6-9H,3-5,10-18H2,1-2H3,(H,23,26)/p+2. The van der Waals surface area contributed by atoms with Crippen molar-refractivity contribution in [3.63, 3.8) is 0 Å². The first kappa shape index (κ1) is 21.6. The Labute approximate surface area is 174 Å². The van der Waals surface area contributed by atoms with Crippen LogP contribution in [0.2, 0.25) is 0 Å². The molecule has 5 nitrogen and oxygen atoms in total. The molecule has 0 spiro atoms. The fraction of sp³-hybridized carbons (Fsp3) is 0.682. The van der Waals surface area contributed by atoms with Gasteiger partial charge in [-0.1, -0.05) is 18.6 Å². The van der Waals surface area contributed by atoms with Crippen LogP contribution < -0.4 is 15.1 Å². The highest BCUT2D eigenvalue weighted by Crippen LogP contribution is 2.25. The van der Waals surface area contributed by atoms with Crippen LogP contribution in [0.25, 0.3) is 0 Å². The van der Waals surface area contributed by atoms with Crippen LogP contribution in [0, 0.1) is 0 Å². The molecular formula is C22H37N3O2S+2. The lowest BCUT2D eigenvalue weighted by Gasteiger charge is -2.45. The minimum absolute atomic E-state index is 0.177. The van der Waals surface area contributed by atoms with E-state index in [4.69, 9.17) is 4.74 Å². The Hall–Kier alpha value is -1.08. The van der Waals surface area contributed by atoms with Crippen molar-refractivity contribution in [2.75, 3.05) is 52.7 Å². The van der Waals surface area contributed by atoms with E-state index in [1.54, 1.807) is 16.7 Å². The summed E-state index contributed by atoms with van der Waals surface area (Å²) in [4.78, 5) is 16.8. The number of rotatable bonds is 8. The zero-order valence-electron chi connectivity index (χ0n) is 17.5. The molecule has 1 saturated carbocycles. The van der Waals surface area contributed by atoms with Gasteiger partial charge in [0, 0.05) is 23.3 Å². The van der Waals surface area contributed by atoms with Crippen LogP contribution >= 0.6 is 11.8 Å². The number of nitrogens with one attached hydrogen (secondary N) is 3. The highest BCUT2D eigenvalue weighted by molar-refractivity contribution is 7.98. The number of ether oxygens (including phenoxy) is 1. The first-order chi connectivity index (χ1) is 13.6. The lowest BCUT2D eigenvalue weighted by molar-refractivity contribution is -0.960. The normalized spacial score (nSPS) is 21.2. The fourth-order valence-electron chi connectivity index (χ4n) is 4.79. The van der Waals surface area contributed by atoms with E-state index < -0.39 is 0 Å². The van der Waals surface area contributed by atoms with Crippen molar-refractivity contribution in [3.05, 3.63) is 29.8 Å². The SMILES string of the molecule is CSc1ccc(C[NH+](C)CC(=O)NCC2([NH+]3CCOCC3)CCCCC2)cc1. The molecule has 1 saturated heterocycles. The summed E-state index contributed by atoms with van der Waals surface area (Å²) < 4.78 is 5.57. The number of amides is 1. The van der Waals surface area contributed by atoms with Gasteiger partial charge in [0.05, 0.1) is 26.8 Å². The van der Waals surface area contributed by atoms with E-state index >= 15 is 0 Å². The van der Waals surface area contributed by atoms with E-state index in [9.17, 15) is 4.79 Å². The number of carbonyl (C=O) groups is 1. The molecule has 1 aliphatic heterocycles. The van der Waals surface area contributed by atoms with Crippen LogP contribution in [-0.4, -0.2) is 64.1 Å². The minimum atomic E-state index is 0.177. The van der Waals surface area contributed by atoms with Gasteiger partial charge in [0.25, 0.3) is 5.91 Å². The number of carbonyl (C=O) groups excluding carboxylic acids is 1. The Morgan fingerprint density at radius 2 is 1.86 bits per heavy atom. The molecule has 0 bridgehead atoms. The minimum Gasteiger partial charge on any atom is -0.370 e. The largest absolute Gasteiger partial charge is 0.370 e. The molecular weight excluding hydrogens is 370 g/mol. The van der Waals surface area contributed by atoms with Gasteiger partial charge in [-0.25, -0.2) is 0 Å². The van der Waals surface area contributed by atoms with Crippen LogP contribution in [0.4, 0.5) is 0 Å². The molecule has 1 heterocycles. The molecule has 2 fully saturated rings. The molecule has 0 aromatic heterocycles. The molecule has 1 unspecified atom stereocenters. The number of benzene rings is 1. The molecule has 1 atom stereocenters. The monoisotopic (exact) mass is 407 g/mol.